The van der Waals surface area contributed by atoms with Gasteiger partial charge in [-0.05, 0) is 12.1 Å². The number of fused-ring (bicyclic) bond motifs is 1. The lowest BCUT2D eigenvalue weighted by Gasteiger charge is -2.04. The van der Waals surface area contributed by atoms with E-state index in [2.05, 4.69) is 10.1 Å². The van der Waals surface area contributed by atoms with E-state index in [0.717, 1.165) is 4.68 Å². The average Bonchev–Trinajstić information content (AvgIpc) is 2.79. The van der Waals surface area contributed by atoms with Gasteiger partial charge in [0.25, 0.3) is 5.56 Å². The van der Waals surface area contributed by atoms with Crippen molar-refractivity contribution in [3.05, 3.63) is 52.2 Å². The van der Waals surface area contributed by atoms with E-state index in [-0.39, 0.29) is 5.56 Å². The van der Waals surface area contributed by atoms with Crippen molar-refractivity contribution in [1.29, 1.82) is 0 Å². The summed E-state index contributed by atoms with van der Waals surface area (Å²) in [5.74, 6) is 5.44. The van der Waals surface area contributed by atoms with Crippen molar-refractivity contribution in [3.63, 3.8) is 0 Å². The second-order valence-corrected chi connectivity index (χ2v) is 4.11. The molecule has 2 aromatic heterocycles. The van der Waals surface area contributed by atoms with Crippen molar-refractivity contribution in [3.8, 4) is 5.69 Å². The Morgan fingerprint density at radius 2 is 2.06 bits per heavy atom. The van der Waals surface area contributed by atoms with Gasteiger partial charge in [-0.15, -0.1) is 0 Å². The molecule has 2 N–H and O–H groups in total. The summed E-state index contributed by atoms with van der Waals surface area (Å²) in [6.45, 7) is 0. The third-order valence-corrected chi connectivity index (χ3v) is 2.91. The van der Waals surface area contributed by atoms with Gasteiger partial charge < -0.3 is 5.84 Å². The lowest BCUT2D eigenvalue weighted by molar-refractivity contribution is 0.874. The predicted octanol–water partition coefficient (Wildman–Crippen LogP) is 0.949. The third-order valence-electron chi connectivity index (χ3n) is 2.59. The number of benzene rings is 1. The summed E-state index contributed by atoms with van der Waals surface area (Å²) in [5.41, 5.74) is 0.740. The number of hydrogen-bond donors (Lipinski definition) is 1. The molecule has 0 saturated carbocycles. The highest BCUT2D eigenvalue weighted by molar-refractivity contribution is 6.32. The van der Waals surface area contributed by atoms with Crippen LogP contribution in [-0.4, -0.2) is 19.4 Å². The van der Waals surface area contributed by atoms with Crippen LogP contribution >= 0.6 is 11.6 Å². The van der Waals surface area contributed by atoms with E-state index in [1.165, 1.54) is 17.2 Å². The summed E-state index contributed by atoms with van der Waals surface area (Å²) in [5, 5.41) is 5.01. The van der Waals surface area contributed by atoms with Gasteiger partial charge in [-0.2, -0.15) is 5.10 Å². The average molecular weight is 262 g/mol. The monoisotopic (exact) mass is 261 g/mol. The molecule has 18 heavy (non-hydrogen) atoms. The number of para-hydroxylation sites is 1. The molecule has 0 fully saturated rings. The first kappa shape index (κ1) is 10.8. The number of halogens is 1. The van der Waals surface area contributed by atoms with Gasteiger partial charge in [0.1, 0.15) is 11.7 Å². The highest BCUT2D eigenvalue weighted by Gasteiger charge is 2.12. The molecule has 7 heteroatoms. The molecule has 0 bridgehead atoms. The highest BCUT2D eigenvalue weighted by Crippen LogP contribution is 2.21. The molecular formula is C11H8ClN5O. The van der Waals surface area contributed by atoms with E-state index in [9.17, 15) is 4.79 Å². The molecule has 6 nitrogen and oxygen atoms in total. The summed E-state index contributed by atoms with van der Waals surface area (Å²) in [6.07, 6.45) is 2.68. The standard InChI is InChI=1S/C11H8ClN5O/c12-8-3-1-2-4-9(8)17-10-7(5-15-17)11(18)16(13)6-14-10/h1-6H,13H2. The number of nitrogens with zero attached hydrogens (tertiary/aromatic N) is 4. The lowest BCUT2D eigenvalue weighted by atomic mass is 10.3. The second kappa shape index (κ2) is 3.85. The molecular weight excluding hydrogens is 254 g/mol. The third kappa shape index (κ3) is 1.46. The number of hydrogen-bond acceptors (Lipinski definition) is 4. The van der Waals surface area contributed by atoms with E-state index in [4.69, 9.17) is 17.4 Å². The van der Waals surface area contributed by atoms with Crippen molar-refractivity contribution in [2.45, 2.75) is 0 Å². The van der Waals surface area contributed by atoms with E-state index >= 15 is 0 Å². The summed E-state index contributed by atoms with van der Waals surface area (Å²) in [7, 11) is 0. The SMILES string of the molecule is Nn1cnc2c(cnn2-c2ccccc2Cl)c1=O. The fourth-order valence-electron chi connectivity index (χ4n) is 1.73. The van der Waals surface area contributed by atoms with Crippen LogP contribution in [0.1, 0.15) is 0 Å². The van der Waals surface area contributed by atoms with E-state index in [0.29, 0.717) is 21.7 Å². The first-order valence-electron chi connectivity index (χ1n) is 5.14. The maximum Gasteiger partial charge on any atom is 0.282 e. The molecule has 0 aliphatic heterocycles. The molecule has 0 spiro atoms. The van der Waals surface area contributed by atoms with Crippen LogP contribution in [0, 0.1) is 0 Å². The molecule has 3 aromatic rings. The smallest absolute Gasteiger partial charge is 0.282 e. The van der Waals surface area contributed by atoms with Crippen LogP contribution in [0.25, 0.3) is 16.7 Å². The molecule has 0 radical (unpaired) electrons. The molecule has 0 aliphatic rings. The maximum atomic E-state index is 11.8. The molecule has 0 saturated heterocycles. The molecule has 90 valence electrons. The number of nitrogen functional groups attached to an aromatic ring is 1. The zero-order valence-corrected chi connectivity index (χ0v) is 9.87. The molecule has 0 unspecified atom stereocenters. The van der Waals surface area contributed by atoms with Gasteiger partial charge in [0.05, 0.1) is 16.9 Å². The van der Waals surface area contributed by atoms with Gasteiger partial charge >= 0.3 is 0 Å². The van der Waals surface area contributed by atoms with Crippen molar-refractivity contribution in [2.75, 3.05) is 5.84 Å². The Labute approximate surface area is 106 Å². The summed E-state index contributed by atoms with van der Waals surface area (Å²) in [4.78, 5) is 15.9. The van der Waals surface area contributed by atoms with E-state index in [1.807, 2.05) is 12.1 Å². The quantitative estimate of drug-likeness (QED) is 0.662. The van der Waals surface area contributed by atoms with Gasteiger partial charge in [0.2, 0.25) is 0 Å². The fourth-order valence-corrected chi connectivity index (χ4v) is 1.94. The van der Waals surface area contributed by atoms with Crippen molar-refractivity contribution in [1.82, 2.24) is 19.4 Å². The molecule has 0 amide bonds. The van der Waals surface area contributed by atoms with Crippen LogP contribution in [0.15, 0.2) is 41.6 Å². The number of nitrogens with two attached hydrogens (primary N) is 1. The Morgan fingerprint density at radius 3 is 2.83 bits per heavy atom. The van der Waals surface area contributed by atoms with Crippen LogP contribution in [0.3, 0.4) is 0 Å². The molecule has 3 rings (SSSR count). The molecule has 0 aliphatic carbocycles. The number of aromatic nitrogens is 4. The minimum atomic E-state index is -0.349. The molecule has 2 heterocycles. The van der Waals surface area contributed by atoms with Gasteiger partial charge in [0.15, 0.2) is 5.65 Å². The Bertz CT molecular complexity index is 791. The van der Waals surface area contributed by atoms with E-state index in [1.54, 1.807) is 12.1 Å². The maximum absolute atomic E-state index is 11.8. The van der Waals surface area contributed by atoms with Crippen LogP contribution in [-0.2, 0) is 0 Å². The minimum Gasteiger partial charge on any atom is -0.335 e. The predicted molar refractivity (Wildman–Crippen MR) is 68.3 cm³/mol. The van der Waals surface area contributed by atoms with Crippen LogP contribution in [0.4, 0.5) is 0 Å². The van der Waals surface area contributed by atoms with Gasteiger partial charge in [-0.1, -0.05) is 23.7 Å². The van der Waals surface area contributed by atoms with Crippen molar-refractivity contribution in [2.24, 2.45) is 0 Å². The second-order valence-electron chi connectivity index (χ2n) is 3.70. The van der Waals surface area contributed by atoms with Gasteiger partial charge in [-0.25, -0.2) is 14.3 Å². The molecule has 1 aromatic carbocycles. The van der Waals surface area contributed by atoms with Gasteiger partial charge in [-0.3, -0.25) is 4.79 Å². The topological polar surface area (TPSA) is 78.7 Å². The fraction of sp³-hybridized carbons (Fsp3) is 0. The zero-order valence-electron chi connectivity index (χ0n) is 9.12. The lowest BCUT2D eigenvalue weighted by Crippen LogP contribution is -2.26. The Kier molecular flexibility index (Phi) is 2.31. The largest absolute Gasteiger partial charge is 0.335 e. The van der Waals surface area contributed by atoms with Crippen LogP contribution in [0.5, 0.6) is 0 Å². The van der Waals surface area contributed by atoms with Crippen LogP contribution < -0.4 is 11.4 Å². The Hall–Kier alpha value is -2.34. The van der Waals surface area contributed by atoms with Crippen molar-refractivity contribution >= 4 is 22.6 Å². The first-order valence-corrected chi connectivity index (χ1v) is 5.51. The van der Waals surface area contributed by atoms with Gasteiger partial charge in [0, 0.05) is 0 Å². The Balaban J connectivity index is 2.36. The normalized spacial score (nSPS) is 10.9. The van der Waals surface area contributed by atoms with Crippen LogP contribution in [0.2, 0.25) is 5.02 Å². The highest BCUT2D eigenvalue weighted by atomic mass is 35.5. The Morgan fingerprint density at radius 1 is 1.28 bits per heavy atom. The van der Waals surface area contributed by atoms with E-state index < -0.39 is 0 Å². The summed E-state index contributed by atoms with van der Waals surface area (Å²) < 4.78 is 2.43. The van der Waals surface area contributed by atoms with Crippen molar-refractivity contribution < 1.29 is 0 Å². The number of rotatable bonds is 1. The molecule has 0 atom stereocenters. The summed E-state index contributed by atoms with van der Waals surface area (Å²) >= 11 is 6.09. The first-order chi connectivity index (χ1) is 8.68. The summed E-state index contributed by atoms with van der Waals surface area (Å²) in [6, 6.07) is 7.19. The minimum absolute atomic E-state index is 0.347. The zero-order chi connectivity index (χ0) is 12.7.